The van der Waals surface area contributed by atoms with Crippen LogP contribution in [0, 0.1) is 0 Å². The van der Waals surface area contributed by atoms with Crippen LogP contribution in [0.15, 0.2) is 9.95 Å². The molecule has 20 heavy (non-hydrogen) atoms. The van der Waals surface area contributed by atoms with Gasteiger partial charge in [-0.1, -0.05) is 31.0 Å². The Kier molecular flexibility index (Phi) is 5.45. The molecule has 0 spiro atoms. The van der Waals surface area contributed by atoms with Crippen molar-refractivity contribution in [1.82, 2.24) is 9.55 Å². The maximum Gasteiger partial charge on any atom is 1.00 e. The van der Waals surface area contributed by atoms with Crippen molar-refractivity contribution in [3.05, 3.63) is 10.4 Å². The standard InChI is InChI=1S/C13H19N3O2S.Na.H/c1-15(9-5-3-2-4-6-9)10-11(17)14-13-16(12(10)18)7-8-19-13;;/h9,17H,2-8H2,1H3;;/q;+1;-1. The molecule has 0 bridgehead atoms. The van der Waals surface area contributed by atoms with Crippen LogP contribution in [0.25, 0.3) is 0 Å². The average Bonchev–Trinajstić information content (AvgIpc) is 2.88. The van der Waals surface area contributed by atoms with E-state index in [1.165, 1.54) is 31.0 Å². The van der Waals surface area contributed by atoms with E-state index in [1.807, 2.05) is 11.9 Å². The largest absolute Gasteiger partial charge is 1.00 e. The Morgan fingerprint density at radius 2 is 2.10 bits per heavy atom. The van der Waals surface area contributed by atoms with Crippen molar-refractivity contribution in [2.75, 3.05) is 17.7 Å². The topological polar surface area (TPSA) is 58.4 Å². The van der Waals surface area contributed by atoms with Gasteiger partial charge in [0.05, 0.1) is 0 Å². The summed E-state index contributed by atoms with van der Waals surface area (Å²) in [5.74, 6) is 0.747. The summed E-state index contributed by atoms with van der Waals surface area (Å²) in [6.07, 6.45) is 5.85. The fourth-order valence-electron chi connectivity index (χ4n) is 3.01. The number of hydrogen-bond acceptors (Lipinski definition) is 5. The van der Waals surface area contributed by atoms with Crippen molar-refractivity contribution in [3.63, 3.8) is 0 Å². The molecule has 1 fully saturated rings. The molecular weight excluding hydrogens is 285 g/mol. The fourth-order valence-corrected chi connectivity index (χ4v) is 3.95. The summed E-state index contributed by atoms with van der Waals surface area (Å²) in [6.45, 7) is 0.692. The maximum absolute atomic E-state index is 12.5. The summed E-state index contributed by atoms with van der Waals surface area (Å²) in [5.41, 5.74) is 0.277. The SMILES string of the molecule is CN(c1c(O)nc2n(c1=O)CCS2)C1CCCCC1.[H-].[Na+]. The van der Waals surface area contributed by atoms with Crippen LogP contribution in [0.3, 0.4) is 0 Å². The molecule has 1 aromatic heterocycles. The van der Waals surface area contributed by atoms with Crippen molar-refractivity contribution in [2.45, 2.75) is 49.8 Å². The van der Waals surface area contributed by atoms with Crippen LogP contribution in [0.2, 0.25) is 0 Å². The molecule has 7 heteroatoms. The second-order valence-electron chi connectivity index (χ2n) is 5.27. The first-order valence-corrected chi connectivity index (χ1v) is 7.86. The molecule has 0 atom stereocenters. The second kappa shape index (κ2) is 6.73. The zero-order valence-corrected chi connectivity index (χ0v) is 14.9. The quantitative estimate of drug-likeness (QED) is 0.558. The summed E-state index contributed by atoms with van der Waals surface area (Å²) in [5, 5.41) is 10.7. The number of rotatable bonds is 2. The molecule has 0 unspecified atom stereocenters. The van der Waals surface area contributed by atoms with Crippen LogP contribution in [0.4, 0.5) is 5.69 Å². The van der Waals surface area contributed by atoms with Crippen LogP contribution < -0.4 is 40.0 Å². The van der Waals surface area contributed by atoms with Gasteiger partial charge in [0, 0.05) is 25.4 Å². The summed E-state index contributed by atoms with van der Waals surface area (Å²) < 4.78 is 1.68. The van der Waals surface area contributed by atoms with Crippen LogP contribution in [0.5, 0.6) is 5.88 Å². The third kappa shape index (κ3) is 2.89. The molecule has 3 rings (SSSR count). The van der Waals surface area contributed by atoms with Crippen molar-refractivity contribution in [1.29, 1.82) is 0 Å². The molecule has 1 aliphatic carbocycles. The van der Waals surface area contributed by atoms with Crippen molar-refractivity contribution >= 4 is 17.4 Å². The normalized spacial score (nSPS) is 18.4. The van der Waals surface area contributed by atoms with E-state index in [0.29, 0.717) is 23.4 Å². The molecule has 0 radical (unpaired) electrons. The third-order valence-corrected chi connectivity index (χ3v) is 5.07. The zero-order valence-electron chi connectivity index (χ0n) is 13.1. The van der Waals surface area contributed by atoms with Gasteiger partial charge in [-0.15, -0.1) is 0 Å². The Morgan fingerprint density at radius 1 is 1.40 bits per heavy atom. The van der Waals surface area contributed by atoms with Gasteiger partial charge >= 0.3 is 29.6 Å². The zero-order chi connectivity index (χ0) is 13.4. The van der Waals surface area contributed by atoms with E-state index in [4.69, 9.17) is 0 Å². The molecule has 0 saturated heterocycles. The van der Waals surface area contributed by atoms with Gasteiger partial charge in [0.25, 0.3) is 5.56 Å². The van der Waals surface area contributed by atoms with Gasteiger partial charge in [0.1, 0.15) is 0 Å². The molecule has 1 aliphatic heterocycles. The van der Waals surface area contributed by atoms with Gasteiger partial charge in [0.15, 0.2) is 10.8 Å². The Balaban J connectivity index is 0.00000110. The molecule has 2 heterocycles. The van der Waals surface area contributed by atoms with Crippen molar-refractivity contribution < 1.29 is 36.1 Å². The van der Waals surface area contributed by atoms with Crippen molar-refractivity contribution in [3.8, 4) is 5.88 Å². The second-order valence-corrected chi connectivity index (χ2v) is 6.34. The van der Waals surface area contributed by atoms with Crippen LogP contribution in [0.1, 0.15) is 33.5 Å². The first kappa shape index (κ1) is 16.2. The summed E-state index contributed by atoms with van der Waals surface area (Å²) in [7, 11) is 1.91. The number of nitrogens with zero attached hydrogens (tertiary/aromatic N) is 3. The number of anilines is 1. The first-order valence-electron chi connectivity index (χ1n) is 6.88. The molecule has 1 aromatic rings. The van der Waals surface area contributed by atoms with E-state index in [-0.39, 0.29) is 42.4 Å². The number of thioether (sulfide) groups is 1. The van der Waals surface area contributed by atoms with E-state index in [2.05, 4.69) is 4.98 Å². The van der Waals surface area contributed by atoms with E-state index >= 15 is 0 Å². The summed E-state index contributed by atoms with van der Waals surface area (Å²) in [4.78, 5) is 18.6. The van der Waals surface area contributed by atoms with Gasteiger partial charge in [-0.3, -0.25) is 9.36 Å². The minimum atomic E-state index is -0.112. The van der Waals surface area contributed by atoms with E-state index in [1.54, 1.807) is 4.57 Å². The molecule has 1 N–H and O–H groups in total. The monoisotopic (exact) mass is 305 g/mol. The maximum atomic E-state index is 12.5. The average molecular weight is 305 g/mol. The van der Waals surface area contributed by atoms with Gasteiger partial charge in [0.2, 0.25) is 5.88 Å². The third-order valence-electron chi connectivity index (χ3n) is 4.11. The smallest absolute Gasteiger partial charge is 1.00 e. The minimum Gasteiger partial charge on any atom is -1.00 e. The van der Waals surface area contributed by atoms with Gasteiger partial charge < -0.3 is 11.4 Å². The predicted molar refractivity (Wildman–Crippen MR) is 77.3 cm³/mol. The first-order chi connectivity index (χ1) is 9.18. The summed E-state index contributed by atoms with van der Waals surface area (Å²) in [6, 6.07) is 0.349. The van der Waals surface area contributed by atoms with Crippen molar-refractivity contribution in [2.24, 2.45) is 0 Å². The van der Waals surface area contributed by atoms with Crippen LogP contribution in [-0.2, 0) is 6.54 Å². The minimum absolute atomic E-state index is 0. The van der Waals surface area contributed by atoms with Gasteiger partial charge in [-0.05, 0) is 12.8 Å². The number of aromatic hydroxyl groups is 1. The molecule has 5 nitrogen and oxygen atoms in total. The Morgan fingerprint density at radius 3 is 2.80 bits per heavy atom. The molecule has 2 aliphatic rings. The Bertz CT molecular complexity index is 549. The molecule has 0 aromatic carbocycles. The molecule has 1 saturated carbocycles. The fraction of sp³-hybridized carbons (Fsp3) is 0.692. The number of aromatic nitrogens is 2. The van der Waals surface area contributed by atoms with Gasteiger partial charge in [-0.25, -0.2) is 0 Å². The van der Waals surface area contributed by atoms with E-state index < -0.39 is 0 Å². The Hall–Kier alpha value is -0.170. The predicted octanol–water partition coefficient (Wildman–Crippen LogP) is -1.06. The molecular formula is C13H20N3NaO2S. The van der Waals surface area contributed by atoms with E-state index in [9.17, 15) is 9.90 Å². The molecule has 0 amide bonds. The van der Waals surface area contributed by atoms with Crippen LogP contribution in [-0.4, -0.2) is 33.5 Å². The number of fused-ring (bicyclic) bond motifs is 1. The Labute approximate surface area is 146 Å². The van der Waals surface area contributed by atoms with Gasteiger partial charge in [-0.2, -0.15) is 4.98 Å². The van der Waals surface area contributed by atoms with Crippen LogP contribution >= 0.6 is 11.8 Å². The number of hydrogen-bond donors (Lipinski definition) is 1. The summed E-state index contributed by atoms with van der Waals surface area (Å²) >= 11 is 1.53. The van der Waals surface area contributed by atoms with E-state index in [0.717, 1.165) is 18.6 Å². The molecule has 106 valence electrons.